The molecule has 140 valence electrons. The molecule has 1 aliphatic rings. The summed E-state index contributed by atoms with van der Waals surface area (Å²) in [6.45, 7) is 1.90. The monoisotopic (exact) mass is 384 g/mol. The van der Waals surface area contributed by atoms with Gasteiger partial charge in [0.1, 0.15) is 4.88 Å². The highest BCUT2D eigenvalue weighted by Crippen LogP contribution is 2.29. The summed E-state index contributed by atoms with van der Waals surface area (Å²) in [5.74, 6) is -0.0354. The summed E-state index contributed by atoms with van der Waals surface area (Å²) in [7, 11) is 0. The third-order valence-electron chi connectivity index (χ3n) is 5.06. The van der Waals surface area contributed by atoms with Gasteiger partial charge >= 0.3 is 0 Å². The van der Waals surface area contributed by atoms with Gasteiger partial charge in [0, 0.05) is 35.6 Å². The van der Waals surface area contributed by atoms with Crippen molar-refractivity contribution in [3.05, 3.63) is 51.1 Å². The van der Waals surface area contributed by atoms with Gasteiger partial charge in [-0.3, -0.25) is 19.3 Å². The Bertz CT molecular complexity index is 1020. The average Bonchev–Trinajstić information content (AvgIpc) is 3.22. The second-order valence-corrected chi connectivity index (χ2v) is 7.89. The average molecular weight is 384 g/mol. The molecule has 0 unspecified atom stereocenters. The van der Waals surface area contributed by atoms with Crippen LogP contribution < -0.4 is 5.32 Å². The van der Waals surface area contributed by atoms with Gasteiger partial charge in [-0.2, -0.15) is 0 Å². The van der Waals surface area contributed by atoms with Crippen molar-refractivity contribution in [3.63, 3.8) is 0 Å². The van der Waals surface area contributed by atoms with E-state index >= 15 is 0 Å². The lowest BCUT2D eigenvalue weighted by molar-refractivity contribution is -0.384. The van der Waals surface area contributed by atoms with Gasteiger partial charge in [0.05, 0.1) is 10.6 Å². The minimum atomic E-state index is -0.416. The van der Waals surface area contributed by atoms with Gasteiger partial charge < -0.3 is 5.32 Å². The van der Waals surface area contributed by atoms with Gasteiger partial charge in [-0.1, -0.05) is 42.7 Å². The maximum atomic E-state index is 12.7. The number of nitro groups is 1. The lowest BCUT2D eigenvalue weighted by Crippen LogP contribution is -2.36. The number of amides is 1. The van der Waals surface area contributed by atoms with Gasteiger partial charge in [-0.15, -0.1) is 0 Å². The molecule has 0 aliphatic heterocycles. The zero-order chi connectivity index (χ0) is 19.0. The van der Waals surface area contributed by atoms with Gasteiger partial charge in [0.15, 0.2) is 4.96 Å². The van der Waals surface area contributed by atoms with Gasteiger partial charge in [0.2, 0.25) is 0 Å². The maximum Gasteiger partial charge on any atom is 0.270 e. The Labute approximate surface area is 160 Å². The molecule has 2 heterocycles. The van der Waals surface area contributed by atoms with Gasteiger partial charge in [-0.05, 0) is 19.8 Å². The fraction of sp³-hybridized carbons (Fsp3) is 0.368. The van der Waals surface area contributed by atoms with Crippen LogP contribution in [0.15, 0.2) is 30.5 Å². The number of carbonyl (C=O) groups is 1. The molecular weight excluding hydrogens is 364 g/mol. The van der Waals surface area contributed by atoms with Crippen LogP contribution in [0.25, 0.3) is 16.2 Å². The first-order valence-electron chi connectivity index (χ1n) is 9.07. The minimum absolute atomic E-state index is 0.0353. The molecule has 2 aromatic heterocycles. The number of rotatable bonds is 4. The molecule has 0 radical (unpaired) electrons. The van der Waals surface area contributed by atoms with Crippen molar-refractivity contribution in [2.45, 2.75) is 45.1 Å². The number of fused-ring (bicyclic) bond motifs is 1. The second kappa shape index (κ2) is 7.11. The summed E-state index contributed by atoms with van der Waals surface area (Å²) in [6, 6.07) is 6.68. The number of aromatic nitrogens is 2. The molecular formula is C19H20N4O3S. The molecule has 1 amide bonds. The molecule has 3 aromatic rings. The molecule has 7 nitrogen and oxygen atoms in total. The third-order valence-corrected chi connectivity index (χ3v) is 6.21. The predicted molar refractivity (Wildman–Crippen MR) is 104 cm³/mol. The van der Waals surface area contributed by atoms with E-state index in [1.54, 1.807) is 12.1 Å². The first kappa shape index (κ1) is 17.7. The number of imidazole rings is 1. The van der Waals surface area contributed by atoms with Crippen LogP contribution in [0.3, 0.4) is 0 Å². The molecule has 0 bridgehead atoms. The predicted octanol–water partition coefficient (Wildman–Crippen LogP) is 4.34. The van der Waals surface area contributed by atoms with Crippen molar-refractivity contribution in [3.8, 4) is 11.3 Å². The van der Waals surface area contributed by atoms with Gasteiger partial charge in [-0.25, -0.2) is 4.98 Å². The first-order chi connectivity index (χ1) is 13.0. The largest absolute Gasteiger partial charge is 0.349 e. The third kappa shape index (κ3) is 3.44. The Morgan fingerprint density at radius 3 is 2.81 bits per heavy atom. The van der Waals surface area contributed by atoms with E-state index in [1.165, 1.54) is 42.7 Å². The van der Waals surface area contributed by atoms with Crippen LogP contribution in [0, 0.1) is 17.0 Å². The Morgan fingerprint density at radius 1 is 1.33 bits per heavy atom. The molecule has 1 saturated carbocycles. The highest BCUT2D eigenvalue weighted by molar-refractivity contribution is 7.19. The van der Waals surface area contributed by atoms with Crippen LogP contribution in [0.4, 0.5) is 5.69 Å². The molecule has 0 atom stereocenters. The number of nitrogens with one attached hydrogen (secondary N) is 1. The van der Waals surface area contributed by atoms with E-state index < -0.39 is 4.92 Å². The summed E-state index contributed by atoms with van der Waals surface area (Å²) in [5.41, 5.74) is 2.22. The number of thiazole rings is 1. The molecule has 1 N–H and O–H groups in total. The standard InChI is InChI=1S/C19H20N4O3S/c1-12-17(18(24)20-14-7-3-2-4-8-14)27-19-21-16(11-22(12)19)13-6-5-9-15(10-13)23(25)26/h5-6,9-11,14H,2-4,7-8H2,1H3,(H,20,24). The number of aryl methyl sites for hydroxylation is 1. The highest BCUT2D eigenvalue weighted by atomic mass is 32.1. The van der Waals surface area contributed by atoms with Crippen molar-refractivity contribution in [2.24, 2.45) is 0 Å². The lowest BCUT2D eigenvalue weighted by Gasteiger charge is -2.22. The number of hydrogen-bond acceptors (Lipinski definition) is 5. The van der Waals surface area contributed by atoms with E-state index in [4.69, 9.17) is 0 Å². The highest BCUT2D eigenvalue weighted by Gasteiger charge is 2.22. The molecule has 4 rings (SSSR count). The molecule has 1 aromatic carbocycles. The van der Waals surface area contributed by atoms with Gasteiger partial charge in [0.25, 0.3) is 11.6 Å². The summed E-state index contributed by atoms with van der Waals surface area (Å²) in [6.07, 6.45) is 7.51. The lowest BCUT2D eigenvalue weighted by atomic mass is 9.95. The van der Waals surface area contributed by atoms with E-state index in [1.807, 2.05) is 17.5 Å². The number of carbonyl (C=O) groups excluding carboxylic acids is 1. The zero-order valence-corrected chi connectivity index (χ0v) is 15.8. The second-order valence-electron chi connectivity index (χ2n) is 6.91. The number of nitrogens with zero attached hydrogens (tertiary/aromatic N) is 3. The molecule has 0 spiro atoms. The Morgan fingerprint density at radius 2 is 2.11 bits per heavy atom. The Kier molecular flexibility index (Phi) is 4.65. The van der Waals surface area contributed by atoms with E-state index in [0.717, 1.165) is 18.5 Å². The summed E-state index contributed by atoms with van der Waals surface area (Å²) in [4.78, 5) is 29.2. The van der Waals surface area contributed by atoms with Crippen molar-refractivity contribution in [2.75, 3.05) is 0 Å². The Hall–Kier alpha value is -2.74. The van der Waals surface area contributed by atoms with Crippen molar-refractivity contribution in [1.29, 1.82) is 0 Å². The Balaban J connectivity index is 1.60. The number of non-ortho nitro benzene ring substituents is 1. The molecule has 1 fully saturated rings. The van der Waals surface area contributed by atoms with E-state index in [0.29, 0.717) is 21.1 Å². The smallest absolute Gasteiger partial charge is 0.270 e. The minimum Gasteiger partial charge on any atom is -0.349 e. The van der Waals surface area contributed by atoms with Crippen LogP contribution in [0.1, 0.15) is 47.5 Å². The van der Waals surface area contributed by atoms with E-state index in [-0.39, 0.29) is 17.6 Å². The molecule has 1 aliphatic carbocycles. The topological polar surface area (TPSA) is 89.5 Å². The first-order valence-corrected chi connectivity index (χ1v) is 9.89. The number of benzene rings is 1. The molecule has 0 saturated heterocycles. The number of hydrogen-bond donors (Lipinski definition) is 1. The zero-order valence-electron chi connectivity index (χ0n) is 15.0. The van der Waals surface area contributed by atoms with Crippen LogP contribution in [-0.2, 0) is 0 Å². The normalized spacial score (nSPS) is 15.1. The van der Waals surface area contributed by atoms with Crippen molar-refractivity contribution < 1.29 is 9.72 Å². The fourth-order valence-corrected chi connectivity index (χ4v) is 4.59. The maximum absolute atomic E-state index is 12.7. The summed E-state index contributed by atoms with van der Waals surface area (Å²) >= 11 is 1.35. The summed E-state index contributed by atoms with van der Waals surface area (Å²) < 4.78 is 1.88. The van der Waals surface area contributed by atoms with E-state index in [2.05, 4.69) is 10.3 Å². The quantitative estimate of drug-likeness (QED) is 0.535. The van der Waals surface area contributed by atoms with Crippen LogP contribution in [0.2, 0.25) is 0 Å². The SMILES string of the molecule is Cc1c(C(=O)NC2CCCCC2)sc2nc(-c3cccc([N+](=O)[O-])c3)cn12. The van der Waals surface area contributed by atoms with Crippen LogP contribution in [-0.4, -0.2) is 26.3 Å². The molecule has 27 heavy (non-hydrogen) atoms. The van der Waals surface area contributed by atoms with E-state index in [9.17, 15) is 14.9 Å². The molecule has 8 heteroatoms. The van der Waals surface area contributed by atoms with Crippen molar-refractivity contribution >= 4 is 27.9 Å². The van der Waals surface area contributed by atoms with Crippen LogP contribution in [0.5, 0.6) is 0 Å². The number of nitro benzene ring substituents is 1. The van der Waals surface area contributed by atoms with Crippen LogP contribution >= 0.6 is 11.3 Å². The fourth-order valence-electron chi connectivity index (χ4n) is 3.58. The summed E-state index contributed by atoms with van der Waals surface area (Å²) in [5, 5.41) is 14.1. The van der Waals surface area contributed by atoms with Crippen molar-refractivity contribution in [1.82, 2.24) is 14.7 Å².